The average Bonchev–Trinajstić information content (AvgIpc) is 2.75. The van der Waals surface area contributed by atoms with E-state index in [0.29, 0.717) is 38.6 Å². The first-order valence-electron chi connectivity index (χ1n) is 8.99. The van der Waals surface area contributed by atoms with Crippen LogP contribution in [0.4, 0.5) is 10.1 Å². The largest absolute Gasteiger partial charge is 0.484 e. The molecule has 4 aromatic rings. The third kappa shape index (κ3) is 4.34. The van der Waals surface area contributed by atoms with Crippen LogP contribution in [0.1, 0.15) is 0 Å². The fourth-order valence-corrected chi connectivity index (χ4v) is 3.03. The Morgan fingerprint density at radius 3 is 2.50 bits per heavy atom. The van der Waals surface area contributed by atoms with Gasteiger partial charge in [-0.3, -0.25) is 9.59 Å². The molecule has 0 fully saturated rings. The Balaban J connectivity index is 1.49. The molecule has 30 heavy (non-hydrogen) atoms. The van der Waals surface area contributed by atoms with Gasteiger partial charge in [0, 0.05) is 16.8 Å². The van der Waals surface area contributed by atoms with Gasteiger partial charge in [-0.05, 0) is 54.1 Å². The lowest BCUT2D eigenvalue weighted by molar-refractivity contribution is -0.118. The van der Waals surface area contributed by atoms with Crippen LogP contribution in [0.3, 0.4) is 0 Å². The maximum Gasteiger partial charge on any atom is 0.262 e. The predicted molar refractivity (Wildman–Crippen MR) is 113 cm³/mol. The number of nitrogens with one attached hydrogen (secondary N) is 1. The first-order valence-corrected chi connectivity index (χ1v) is 9.37. The van der Waals surface area contributed by atoms with E-state index in [1.807, 2.05) is 0 Å². The molecular weight excluding hydrogens is 409 g/mol. The van der Waals surface area contributed by atoms with Crippen LogP contribution in [0.25, 0.3) is 22.1 Å². The van der Waals surface area contributed by atoms with Crippen LogP contribution in [0.5, 0.6) is 5.75 Å². The maximum absolute atomic E-state index is 12.9. The zero-order chi connectivity index (χ0) is 21.1. The van der Waals surface area contributed by atoms with E-state index < -0.39 is 5.91 Å². The highest BCUT2D eigenvalue weighted by Crippen LogP contribution is 2.24. The van der Waals surface area contributed by atoms with Gasteiger partial charge in [-0.15, -0.1) is 0 Å². The SMILES string of the molecule is O=C(COc1ccc2c(=O)c(-c3ccc(Cl)cc3)coc2c1)Nc1ccc(F)cc1. The van der Waals surface area contributed by atoms with Crippen molar-refractivity contribution in [1.29, 1.82) is 0 Å². The normalized spacial score (nSPS) is 10.7. The van der Waals surface area contributed by atoms with Gasteiger partial charge in [0.2, 0.25) is 0 Å². The molecule has 0 spiro atoms. The van der Waals surface area contributed by atoms with Crippen molar-refractivity contribution >= 4 is 34.2 Å². The van der Waals surface area contributed by atoms with Gasteiger partial charge < -0.3 is 14.5 Å². The highest BCUT2D eigenvalue weighted by Gasteiger charge is 2.11. The summed E-state index contributed by atoms with van der Waals surface area (Å²) < 4.78 is 24.0. The Hall–Kier alpha value is -3.64. The maximum atomic E-state index is 12.9. The highest BCUT2D eigenvalue weighted by atomic mass is 35.5. The zero-order valence-corrected chi connectivity index (χ0v) is 16.3. The summed E-state index contributed by atoms with van der Waals surface area (Å²) in [4.78, 5) is 24.8. The van der Waals surface area contributed by atoms with Crippen LogP contribution in [0, 0.1) is 5.82 Å². The van der Waals surface area contributed by atoms with Gasteiger partial charge in [0.25, 0.3) is 5.91 Å². The van der Waals surface area contributed by atoms with Crippen LogP contribution in [0.2, 0.25) is 5.02 Å². The van der Waals surface area contributed by atoms with Crippen LogP contribution < -0.4 is 15.5 Å². The minimum atomic E-state index is -0.402. The molecule has 0 bridgehead atoms. The molecule has 150 valence electrons. The molecule has 0 aliphatic rings. The van der Waals surface area contributed by atoms with Crippen molar-refractivity contribution in [2.24, 2.45) is 0 Å². The second-order valence-electron chi connectivity index (χ2n) is 6.49. The molecule has 0 radical (unpaired) electrons. The molecule has 7 heteroatoms. The number of rotatable bonds is 5. The summed E-state index contributed by atoms with van der Waals surface area (Å²) in [5, 5.41) is 3.57. The van der Waals surface area contributed by atoms with Crippen LogP contribution >= 0.6 is 11.6 Å². The molecule has 0 unspecified atom stereocenters. The summed E-state index contributed by atoms with van der Waals surface area (Å²) in [5.74, 6) is -0.415. The molecule has 0 aliphatic heterocycles. The molecule has 0 atom stereocenters. The second kappa shape index (κ2) is 8.39. The van der Waals surface area contributed by atoms with Gasteiger partial charge in [-0.1, -0.05) is 23.7 Å². The van der Waals surface area contributed by atoms with Crippen molar-refractivity contribution in [2.75, 3.05) is 11.9 Å². The summed E-state index contributed by atoms with van der Waals surface area (Å²) in [6.07, 6.45) is 1.39. The van der Waals surface area contributed by atoms with Crippen LogP contribution in [-0.2, 0) is 4.79 Å². The second-order valence-corrected chi connectivity index (χ2v) is 6.92. The van der Waals surface area contributed by atoms with E-state index in [2.05, 4.69) is 5.32 Å². The van der Waals surface area contributed by atoms with Crippen LogP contribution in [0.15, 0.2) is 82.2 Å². The van der Waals surface area contributed by atoms with E-state index in [1.165, 1.54) is 30.5 Å². The molecule has 5 nitrogen and oxygen atoms in total. The molecular formula is C23H15ClFNO4. The van der Waals surface area contributed by atoms with Crippen LogP contribution in [-0.4, -0.2) is 12.5 Å². The van der Waals surface area contributed by atoms with Gasteiger partial charge in [-0.2, -0.15) is 0 Å². The number of benzene rings is 3. The molecule has 0 aliphatic carbocycles. The standard InChI is InChI=1S/C23H15ClFNO4/c24-15-3-1-14(2-4-15)20-12-30-21-11-18(9-10-19(21)23(20)28)29-13-22(27)26-17-7-5-16(25)6-8-17/h1-12H,13H2,(H,26,27). The first-order chi connectivity index (χ1) is 14.5. The number of hydrogen-bond acceptors (Lipinski definition) is 4. The predicted octanol–water partition coefficient (Wildman–Crippen LogP) is 5.27. The lowest BCUT2D eigenvalue weighted by atomic mass is 10.1. The Morgan fingerprint density at radius 2 is 1.77 bits per heavy atom. The number of ether oxygens (including phenoxy) is 1. The van der Waals surface area contributed by atoms with Gasteiger partial charge in [0.05, 0.1) is 10.9 Å². The number of fused-ring (bicyclic) bond motifs is 1. The molecule has 1 heterocycles. The Morgan fingerprint density at radius 1 is 1.03 bits per heavy atom. The van der Waals surface area contributed by atoms with Crippen molar-refractivity contribution in [2.45, 2.75) is 0 Å². The summed E-state index contributed by atoms with van der Waals surface area (Å²) in [5.41, 5.74) is 1.75. The minimum Gasteiger partial charge on any atom is -0.484 e. The molecule has 1 aromatic heterocycles. The average molecular weight is 424 g/mol. The smallest absolute Gasteiger partial charge is 0.262 e. The number of carbonyl (C=O) groups excluding carboxylic acids is 1. The lowest BCUT2D eigenvalue weighted by Gasteiger charge is -2.08. The van der Waals surface area contributed by atoms with E-state index in [-0.39, 0.29) is 17.9 Å². The van der Waals surface area contributed by atoms with E-state index in [4.69, 9.17) is 20.8 Å². The fourth-order valence-electron chi connectivity index (χ4n) is 2.91. The summed E-state index contributed by atoms with van der Waals surface area (Å²) in [6.45, 7) is -0.254. The monoisotopic (exact) mass is 423 g/mol. The van der Waals surface area contributed by atoms with E-state index in [0.717, 1.165) is 0 Å². The number of hydrogen-bond donors (Lipinski definition) is 1. The summed E-state index contributed by atoms with van der Waals surface area (Å²) in [6, 6.07) is 17.0. The lowest BCUT2D eigenvalue weighted by Crippen LogP contribution is -2.20. The quantitative estimate of drug-likeness (QED) is 0.474. The molecule has 3 aromatic carbocycles. The molecule has 0 saturated carbocycles. The van der Waals surface area contributed by atoms with Gasteiger partial charge in [0.15, 0.2) is 12.0 Å². The molecule has 4 rings (SSSR count). The summed E-state index contributed by atoms with van der Waals surface area (Å²) in [7, 11) is 0. The number of halogens is 2. The van der Waals surface area contributed by atoms with Crippen molar-refractivity contribution in [1.82, 2.24) is 0 Å². The van der Waals surface area contributed by atoms with E-state index in [9.17, 15) is 14.0 Å². The van der Waals surface area contributed by atoms with Gasteiger partial charge in [0.1, 0.15) is 23.4 Å². The Labute approximate surface area is 175 Å². The Kier molecular flexibility index (Phi) is 5.50. The topological polar surface area (TPSA) is 68.5 Å². The van der Waals surface area contributed by atoms with Gasteiger partial charge in [-0.25, -0.2) is 4.39 Å². The third-order valence-corrected chi connectivity index (χ3v) is 4.65. The first kappa shape index (κ1) is 19.7. The van der Waals surface area contributed by atoms with Crippen molar-refractivity contribution in [3.8, 4) is 16.9 Å². The van der Waals surface area contributed by atoms with Crippen molar-refractivity contribution in [3.05, 3.63) is 94.1 Å². The fraction of sp³-hybridized carbons (Fsp3) is 0.0435. The van der Waals surface area contributed by atoms with E-state index in [1.54, 1.807) is 42.5 Å². The molecule has 1 N–H and O–H groups in total. The number of carbonyl (C=O) groups is 1. The zero-order valence-electron chi connectivity index (χ0n) is 15.5. The number of anilines is 1. The Bertz CT molecular complexity index is 1270. The van der Waals surface area contributed by atoms with Crippen molar-refractivity contribution < 1.29 is 18.3 Å². The number of amides is 1. The summed E-state index contributed by atoms with van der Waals surface area (Å²) >= 11 is 5.90. The minimum absolute atomic E-state index is 0.181. The van der Waals surface area contributed by atoms with Gasteiger partial charge >= 0.3 is 0 Å². The highest BCUT2D eigenvalue weighted by molar-refractivity contribution is 6.30. The molecule has 1 amide bonds. The van der Waals surface area contributed by atoms with Crippen molar-refractivity contribution in [3.63, 3.8) is 0 Å². The molecule has 0 saturated heterocycles. The third-order valence-electron chi connectivity index (χ3n) is 4.40. The van der Waals surface area contributed by atoms with E-state index >= 15 is 0 Å².